The predicted molar refractivity (Wildman–Crippen MR) is 125 cm³/mol. The molecule has 7 nitrogen and oxygen atoms in total. The van der Waals surface area contributed by atoms with Crippen LogP contribution in [0.15, 0.2) is 55.0 Å². The van der Waals surface area contributed by atoms with Crippen molar-refractivity contribution in [1.82, 2.24) is 25.1 Å². The molecule has 0 atom stereocenters. The summed E-state index contributed by atoms with van der Waals surface area (Å²) in [7, 11) is 0. The van der Waals surface area contributed by atoms with E-state index in [0.717, 1.165) is 23.0 Å². The molecule has 0 bridgehead atoms. The molecule has 174 valence electrons. The van der Waals surface area contributed by atoms with Crippen molar-refractivity contribution in [1.29, 1.82) is 0 Å². The zero-order chi connectivity index (χ0) is 23.7. The van der Waals surface area contributed by atoms with E-state index in [0.29, 0.717) is 31.6 Å². The van der Waals surface area contributed by atoms with Crippen LogP contribution in [-0.2, 0) is 11.3 Å². The SMILES string of the molecule is Cc1ccc(-n2cc3c(N4CCC(C(=O)NCc5ccc(F)cc5F)CC4)ncnc3n2)cc1. The van der Waals surface area contributed by atoms with Gasteiger partial charge in [-0.2, -0.15) is 0 Å². The molecule has 9 heteroatoms. The molecule has 3 heterocycles. The summed E-state index contributed by atoms with van der Waals surface area (Å²) in [6.07, 6.45) is 4.75. The van der Waals surface area contributed by atoms with Gasteiger partial charge >= 0.3 is 0 Å². The number of carbonyl (C=O) groups excluding carboxylic acids is 1. The molecule has 4 aromatic rings. The summed E-state index contributed by atoms with van der Waals surface area (Å²) in [5, 5.41) is 8.24. The third-order valence-corrected chi connectivity index (χ3v) is 6.23. The highest BCUT2D eigenvalue weighted by Gasteiger charge is 2.27. The van der Waals surface area contributed by atoms with E-state index >= 15 is 0 Å². The highest BCUT2D eigenvalue weighted by Crippen LogP contribution is 2.28. The molecule has 0 radical (unpaired) electrons. The zero-order valence-electron chi connectivity index (χ0n) is 18.7. The third-order valence-electron chi connectivity index (χ3n) is 6.23. The van der Waals surface area contributed by atoms with Crippen molar-refractivity contribution in [2.45, 2.75) is 26.3 Å². The number of carbonyl (C=O) groups is 1. The Labute approximate surface area is 195 Å². The largest absolute Gasteiger partial charge is 0.356 e. The fraction of sp³-hybridized carbons (Fsp3) is 0.280. The average molecular weight is 463 g/mol. The van der Waals surface area contributed by atoms with Crippen LogP contribution in [0.4, 0.5) is 14.6 Å². The van der Waals surface area contributed by atoms with Crippen LogP contribution in [-0.4, -0.2) is 38.7 Å². The molecule has 1 N–H and O–H groups in total. The number of halogens is 2. The van der Waals surface area contributed by atoms with Gasteiger partial charge in [-0.15, -0.1) is 5.10 Å². The maximum absolute atomic E-state index is 13.8. The van der Waals surface area contributed by atoms with Crippen molar-refractivity contribution in [3.63, 3.8) is 0 Å². The molecular weight excluding hydrogens is 438 g/mol. The molecule has 1 saturated heterocycles. The molecule has 34 heavy (non-hydrogen) atoms. The van der Waals surface area contributed by atoms with Gasteiger partial charge in [0.25, 0.3) is 0 Å². The number of aryl methyl sites for hydroxylation is 1. The highest BCUT2D eigenvalue weighted by atomic mass is 19.1. The van der Waals surface area contributed by atoms with E-state index in [-0.39, 0.29) is 23.9 Å². The number of hydrogen-bond donors (Lipinski definition) is 1. The van der Waals surface area contributed by atoms with Crippen LogP contribution in [0.3, 0.4) is 0 Å². The van der Waals surface area contributed by atoms with Crippen LogP contribution < -0.4 is 10.2 Å². The van der Waals surface area contributed by atoms with Crippen LogP contribution in [0, 0.1) is 24.5 Å². The van der Waals surface area contributed by atoms with Crippen molar-refractivity contribution in [3.05, 3.63) is 77.8 Å². The molecule has 0 unspecified atom stereocenters. The average Bonchev–Trinajstić information content (AvgIpc) is 3.28. The van der Waals surface area contributed by atoms with Crippen LogP contribution in [0.25, 0.3) is 16.7 Å². The smallest absolute Gasteiger partial charge is 0.223 e. The lowest BCUT2D eigenvalue weighted by molar-refractivity contribution is -0.125. The minimum atomic E-state index is -0.658. The van der Waals surface area contributed by atoms with Crippen molar-refractivity contribution in [2.75, 3.05) is 18.0 Å². The standard InChI is InChI=1S/C25H24F2N6O/c1-16-2-6-20(7-3-16)33-14-21-23(31-33)29-15-30-24(21)32-10-8-17(9-11-32)25(34)28-13-18-4-5-19(26)12-22(18)27/h2-7,12,14-15,17H,8-11,13H2,1H3,(H,28,34). The number of fused-ring (bicyclic) bond motifs is 1. The zero-order valence-corrected chi connectivity index (χ0v) is 18.7. The number of nitrogens with zero attached hydrogens (tertiary/aromatic N) is 5. The molecule has 1 aliphatic heterocycles. The summed E-state index contributed by atoms with van der Waals surface area (Å²) in [4.78, 5) is 23.6. The Bertz CT molecular complexity index is 1330. The molecular formula is C25H24F2N6O. The van der Waals surface area contributed by atoms with E-state index in [4.69, 9.17) is 0 Å². The Kier molecular flexibility index (Phi) is 5.91. The first-order chi connectivity index (χ1) is 16.5. The van der Waals surface area contributed by atoms with Crippen LogP contribution in [0.5, 0.6) is 0 Å². The summed E-state index contributed by atoms with van der Waals surface area (Å²) < 4.78 is 28.7. The maximum Gasteiger partial charge on any atom is 0.223 e. The van der Waals surface area contributed by atoms with E-state index in [2.05, 4.69) is 25.3 Å². The van der Waals surface area contributed by atoms with Gasteiger partial charge < -0.3 is 10.2 Å². The number of benzene rings is 2. The minimum Gasteiger partial charge on any atom is -0.356 e. The second-order valence-corrected chi connectivity index (χ2v) is 8.56. The van der Waals surface area contributed by atoms with Gasteiger partial charge in [0.15, 0.2) is 5.65 Å². The summed E-state index contributed by atoms with van der Waals surface area (Å²) in [5.41, 5.74) is 3.01. The summed E-state index contributed by atoms with van der Waals surface area (Å²) in [6.45, 7) is 3.39. The summed E-state index contributed by atoms with van der Waals surface area (Å²) in [6, 6.07) is 11.5. The van der Waals surface area contributed by atoms with E-state index in [1.54, 1.807) is 4.68 Å². The number of aromatic nitrogens is 4. The Morgan fingerprint density at radius 3 is 2.59 bits per heavy atom. The predicted octanol–water partition coefficient (Wildman–Crippen LogP) is 3.93. The molecule has 2 aromatic heterocycles. The van der Waals surface area contributed by atoms with Gasteiger partial charge in [0.05, 0.1) is 11.1 Å². The molecule has 0 saturated carbocycles. The van der Waals surface area contributed by atoms with Crippen LogP contribution in [0.1, 0.15) is 24.0 Å². The number of hydrogen-bond acceptors (Lipinski definition) is 5. The van der Waals surface area contributed by atoms with E-state index in [9.17, 15) is 13.6 Å². The first-order valence-corrected chi connectivity index (χ1v) is 11.2. The van der Waals surface area contributed by atoms with Gasteiger partial charge in [-0.3, -0.25) is 4.79 Å². The molecule has 0 aliphatic carbocycles. The molecule has 5 rings (SSSR count). The lowest BCUT2D eigenvalue weighted by atomic mass is 9.95. The number of amides is 1. The lowest BCUT2D eigenvalue weighted by Gasteiger charge is -2.32. The topological polar surface area (TPSA) is 75.9 Å². The van der Waals surface area contributed by atoms with Gasteiger partial charge in [-0.25, -0.2) is 23.4 Å². The number of anilines is 1. The fourth-order valence-corrected chi connectivity index (χ4v) is 4.25. The maximum atomic E-state index is 13.8. The second kappa shape index (κ2) is 9.17. The first-order valence-electron chi connectivity index (χ1n) is 11.2. The molecule has 0 spiro atoms. The number of rotatable bonds is 5. The lowest BCUT2D eigenvalue weighted by Crippen LogP contribution is -2.40. The van der Waals surface area contributed by atoms with E-state index in [1.165, 1.54) is 24.0 Å². The van der Waals surface area contributed by atoms with Gasteiger partial charge in [-0.1, -0.05) is 23.8 Å². The Balaban J connectivity index is 1.25. The van der Waals surface area contributed by atoms with Gasteiger partial charge in [0.1, 0.15) is 23.8 Å². The monoisotopic (exact) mass is 462 g/mol. The van der Waals surface area contributed by atoms with Crippen molar-refractivity contribution in [2.24, 2.45) is 5.92 Å². The van der Waals surface area contributed by atoms with Gasteiger partial charge in [0, 0.05) is 43.4 Å². The van der Waals surface area contributed by atoms with Crippen molar-refractivity contribution < 1.29 is 13.6 Å². The minimum absolute atomic E-state index is 0.0376. The Morgan fingerprint density at radius 2 is 1.85 bits per heavy atom. The fourth-order valence-electron chi connectivity index (χ4n) is 4.25. The van der Waals surface area contributed by atoms with Crippen LogP contribution in [0.2, 0.25) is 0 Å². The number of piperidine rings is 1. The van der Waals surface area contributed by atoms with E-state index in [1.807, 2.05) is 37.4 Å². The Morgan fingerprint density at radius 1 is 1.09 bits per heavy atom. The molecule has 1 fully saturated rings. The van der Waals surface area contributed by atoms with Gasteiger partial charge in [-0.05, 0) is 38.0 Å². The second-order valence-electron chi connectivity index (χ2n) is 8.56. The normalized spacial score (nSPS) is 14.5. The third kappa shape index (κ3) is 4.46. The number of nitrogens with one attached hydrogen (secondary N) is 1. The quantitative estimate of drug-likeness (QED) is 0.486. The van der Waals surface area contributed by atoms with Crippen LogP contribution >= 0.6 is 0 Å². The molecule has 2 aromatic carbocycles. The summed E-state index contributed by atoms with van der Waals surface area (Å²) >= 11 is 0. The van der Waals surface area contributed by atoms with E-state index < -0.39 is 11.6 Å². The van der Waals surface area contributed by atoms with Crippen molar-refractivity contribution >= 4 is 22.8 Å². The summed E-state index contributed by atoms with van der Waals surface area (Å²) in [5.74, 6) is -0.788. The van der Waals surface area contributed by atoms with Gasteiger partial charge in [0.2, 0.25) is 5.91 Å². The Hall–Kier alpha value is -3.88. The highest BCUT2D eigenvalue weighted by molar-refractivity contribution is 5.87. The van der Waals surface area contributed by atoms with Crippen molar-refractivity contribution in [3.8, 4) is 5.69 Å². The first kappa shape index (κ1) is 21.9. The molecule has 1 aliphatic rings. The molecule has 1 amide bonds.